The first-order valence-electron chi connectivity index (χ1n) is 6.39. The minimum Gasteiger partial charge on any atom is -0.396 e. The van der Waals surface area contributed by atoms with Crippen LogP contribution in [-0.4, -0.2) is 67.6 Å². The van der Waals surface area contributed by atoms with Gasteiger partial charge >= 0.3 is 0 Å². The van der Waals surface area contributed by atoms with Crippen LogP contribution in [0.25, 0.3) is 0 Å². The molecule has 2 unspecified atom stereocenters. The Balaban J connectivity index is 2.79. The van der Waals surface area contributed by atoms with Crippen LogP contribution < -0.4 is 0 Å². The summed E-state index contributed by atoms with van der Waals surface area (Å²) >= 11 is 0. The lowest BCUT2D eigenvalue weighted by Gasteiger charge is -2.39. The molecule has 108 valence electrons. The molecule has 1 rings (SSSR count). The Kier molecular flexibility index (Phi) is 6.00. The van der Waals surface area contributed by atoms with E-state index in [0.29, 0.717) is 26.1 Å². The van der Waals surface area contributed by atoms with Crippen LogP contribution in [0.2, 0.25) is 0 Å². The van der Waals surface area contributed by atoms with Crippen molar-refractivity contribution >= 4 is 10.2 Å². The van der Waals surface area contributed by atoms with E-state index >= 15 is 0 Å². The molecule has 1 N–H and O–H groups in total. The van der Waals surface area contributed by atoms with E-state index in [1.165, 1.54) is 8.61 Å². The maximum atomic E-state index is 12.4. The predicted molar refractivity (Wildman–Crippen MR) is 69.5 cm³/mol. The van der Waals surface area contributed by atoms with Crippen molar-refractivity contribution in [3.63, 3.8) is 0 Å². The molecule has 1 aliphatic heterocycles. The highest BCUT2D eigenvalue weighted by Crippen LogP contribution is 2.20. The summed E-state index contributed by atoms with van der Waals surface area (Å²) in [5.41, 5.74) is 0. The smallest absolute Gasteiger partial charge is 0.282 e. The van der Waals surface area contributed by atoms with E-state index in [1.807, 2.05) is 13.8 Å². The molecule has 7 heteroatoms. The van der Waals surface area contributed by atoms with Crippen molar-refractivity contribution in [1.82, 2.24) is 8.61 Å². The summed E-state index contributed by atoms with van der Waals surface area (Å²) in [4.78, 5) is 0. The Labute approximate surface area is 110 Å². The van der Waals surface area contributed by atoms with Gasteiger partial charge in [0.05, 0.1) is 12.7 Å². The Morgan fingerprint density at radius 3 is 2.72 bits per heavy atom. The van der Waals surface area contributed by atoms with Gasteiger partial charge in [0.2, 0.25) is 0 Å². The number of nitrogens with zero attached hydrogens (tertiary/aromatic N) is 2. The van der Waals surface area contributed by atoms with Gasteiger partial charge in [-0.05, 0) is 19.8 Å². The highest BCUT2D eigenvalue weighted by molar-refractivity contribution is 7.86. The van der Waals surface area contributed by atoms with Gasteiger partial charge in [0.1, 0.15) is 0 Å². The normalized spacial score (nSPS) is 26.7. The molecule has 0 spiro atoms. The zero-order valence-corrected chi connectivity index (χ0v) is 12.2. The highest BCUT2D eigenvalue weighted by atomic mass is 32.2. The van der Waals surface area contributed by atoms with Crippen molar-refractivity contribution < 1.29 is 18.3 Å². The van der Waals surface area contributed by atoms with Gasteiger partial charge in [0.15, 0.2) is 0 Å². The van der Waals surface area contributed by atoms with Crippen molar-refractivity contribution in [2.24, 2.45) is 0 Å². The zero-order chi connectivity index (χ0) is 13.8. The Bertz CT molecular complexity index is 347. The lowest BCUT2D eigenvalue weighted by Crippen LogP contribution is -2.55. The van der Waals surface area contributed by atoms with Crippen LogP contribution in [0, 0.1) is 0 Å². The SMILES string of the molecule is CCC1COC(C)CN1S(=O)(=O)N(C)CCCO. The van der Waals surface area contributed by atoms with Crippen LogP contribution in [0.3, 0.4) is 0 Å². The maximum Gasteiger partial charge on any atom is 0.282 e. The third-order valence-corrected chi connectivity index (χ3v) is 5.22. The number of ether oxygens (including phenoxy) is 1. The average Bonchev–Trinajstić information content (AvgIpc) is 2.35. The monoisotopic (exact) mass is 280 g/mol. The Hall–Kier alpha value is -0.210. The van der Waals surface area contributed by atoms with Crippen LogP contribution in [0.4, 0.5) is 0 Å². The number of aliphatic hydroxyl groups excluding tert-OH is 1. The summed E-state index contributed by atoms with van der Waals surface area (Å²) in [6.07, 6.45) is 1.11. The van der Waals surface area contributed by atoms with Crippen LogP contribution in [0.5, 0.6) is 0 Å². The summed E-state index contributed by atoms with van der Waals surface area (Å²) in [7, 11) is -1.90. The maximum absolute atomic E-state index is 12.4. The zero-order valence-electron chi connectivity index (χ0n) is 11.4. The van der Waals surface area contributed by atoms with Crippen LogP contribution in [0.15, 0.2) is 0 Å². The second-order valence-corrected chi connectivity index (χ2v) is 6.67. The molecule has 0 saturated carbocycles. The largest absolute Gasteiger partial charge is 0.396 e. The molecule has 1 fully saturated rings. The minimum absolute atomic E-state index is 0.00339. The molecule has 0 aromatic carbocycles. The van der Waals surface area contributed by atoms with E-state index in [1.54, 1.807) is 7.05 Å². The van der Waals surface area contributed by atoms with Crippen molar-refractivity contribution in [2.45, 2.75) is 38.8 Å². The lowest BCUT2D eigenvalue weighted by molar-refractivity contribution is -0.0248. The molecule has 0 aliphatic carbocycles. The molecule has 6 nitrogen and oxygen atoms in total. The van der Waals surface area contributed by atoms with Gasteiger partial charge in [-0.1, -0.05) is 6.92 Å². The molecule has 1 saturated heterocycles. The quantitative estimate of drug-likeness (QED) is 0.746. The average molecular weight is 280 g/mol. The van der Waals surface area contributed by atoms with Crippen molar-refractivity contribution in [3.8, 4) is 0 Å². The third kappa shape index (κ3) is 3.64. The first kappa shape index (κ1) is 15.8. The summed E-state index contributed by atoms with van der Waals surface area (Å²) in [6.45, 7) is 5.01. The molecule has 0 bridgehead atoms. The molecular weight excluding hydrogens is 256 g/mol. The van der Waals surface area contributed by atoms with Crippen LogP contribution in [0.1, 0.15) is 26.7 Å². The van der Waals surface area contributed by atoms with Gasteiger partial charge in [-0.2, -0.15) is 17.0 Å². The first-order valence-corrected chi connectivity index (χ1v) is 7.78. The summed E-state index contributed by atoms with van der Waals surface area (Å²) in [5, 5.41) is 8.78. The molecule has 18 heavy (non-hydrogen) atoms. The van der Waals surface area contributed by atoms with Crippen molar-refractivity contribution in [3.05, 3.63) is 0 Å². The molecule has 2 atom stereocenters. The topological polar surface area (TPSA) is 70.1 Å². The van der Waals surface area contributed by atoms with Gasteiger partial charge in [-0.15, -0.1) is 0 Å². The second-order valence-electron chi connectivity index (χ2n) is 4.68. The fraction of sp³-hybridized carbons (Fsp3) is 1.00. The van der Waals surface area contributed by atoms with E-state index in [4.69, 9.17) is 9.84 Å². The Morgan fingerprint density at radius 1 is 1.50 bits per heavy atom. The van der Waals surface area contributed by atoms with Gasteiger partial charge in [0, 0.05) is 32.8 Å². The lowest BCUT2D eigenvalue weighted by atomic mass is 10.2. The van der Waals surface area contributed by atoms with Gasteiger partial charge < -0.3 is 9.84 Å². The summed E-state index contributed by atoms with van der Waals surface area (Å²) in [5.74, 6) is 0. The van der Waals surface area contributed by atoms with E-state index < -0.39 is 10.2 Å². The second kappa shape index (κ2) is 6.81. The van der Waals surface area contributed by atoms with E-state index in [2.05, 4.69) is 0 Å². The number of morpholine rings is 1. The first-order chi connectivity index (χ1) is 8.43. The molecule has 1 heterocycles. The summed E-state index contributed by atoms with van der Waals surface area (Å²) in [6, 6.07) is -0.0947. The number of hydrogen-bond acceptors (Lipinski definition) is 4. The fourth-order valence-electron chi connectivity index (χ4n) is 2.01. The van der Waals surface area contributed by atoms with Crippen LogP contribution >= 0.6 is 0 Å². The third-order valence-electron chi connectivity index (χ3n) is 3.21. The van der Waals surface area contributed by atoms with E-state index in [-0.39, 0.29) is 18.8 Å². The molecule has 0 radical (unpaired) electrons. The van der Waals surface area contributed by atoms with Crippen LogP contribution in [-0.2, 0) is 14.9 Å². The van der Waals surface area contributed by atoms with Gasteiger partial charge in [-0.25, -0.2) is 0 Å². The highest BCUT2D eigenvalue weighted by Gasteiger charge is 2.36. The Morgan fingerprint density at radius 2 is 2.17 bits per heavy atom. The van der Waals surface area contributed by atoms with E-state index in [0.717, 1.165) is 6.42 Å². The van der Waals surface area contributed by atoms with Gasteiger partial charge in [0.25, 0.3) is 10.2 Å². The molecule has 1 aliphatic rings. The number of hydrogen-bond donors (Lipinski definition) is 1. The predicted octanol–water partition coefficient (Wildman–Crippen LogP) is 0.0447. The number of rotatable bonds is 6. The number of aliphatic hydroxyl groups is 1. The standard InChI is InChI=1S/C11H24N2O4S/c1-4-11-9-17-10(2)8-13(11)18(15,16)12(3)6-5-7-14/h10-11,14H,4-9H2,1-3H3. The fourth-order valence-corrected chi connectivity index (χ4v) is 3.71. The summed E-state index contributed by atoms with van der Waals surface area (Å²) < 4.78 is 33.2. The molecule has 0 aromatic heterocycles. The minimum atomic E-state index is -3.45. The van der Waals surface area contributed by atoms with Crippen molar-refractivity contribution in [1.29, 1.82) is 0 Å². The van der Waals surface area contributed by atoms with Crippen molar-refractivity contribution in [2.75, 3.05) is 33.4 Å². The molecule has 0 aromatic rings. The van der Waals surface area contributed by atoms with E-state index in [9.17, 15) is 8.42 Å². The molecular formula is C11H24N2O4S. The van der Waals surface area contributed by atoms with Gasteiger partial charge in [-0.3, -0.25) is 0 Å². The molecule has 0 amide bonds.